The summed E-state index contributed by atoms with van der Waals surface area (Å²) in [6.45, 7) is 4.85. The smallest absolute Gasteiger partial charge is 0.0850 e. The Morgan fingerprint density at radius 2 is 2.00 bits per heavy atom. The van der Waals surface area contributed by atoms with Crippen LogP contribution in [-0.2, 0) is 25.8 Å². The molecular weight excluding hydrogens is 286 g/mol. The molecule has 1 unspecified atom stereocenters. The zero-order chi connectivity index (χ0) is 15.2. The molecule has 0 aromatic carbocycles. The first-order valence-electron chi connectivity index (χ1n) is 7.46. The van der Waals surface area contributed by atoms with Gasteiger partial charge in [0.15, 0.2) is 0 Å². The van der Waals surface area contributed by atoms with E-state index >= 15 is 0 Å². The number of pyridine rings is 1. The SMILES string of the molecule is CCc1nn(CC)c(CC(O)CCc2ccncc2)c1Cl. The minimum atomic E-state index is -0.414. The molecule has 1 atom stereocenters. The summed E-state index contributed by atoms with van der Waals surface area (Å²) >= 11 is 6.37. The van der Waals surface area contributed by atoms with Crippen LogP contribution in [0.2, 0.25) is 5.02 Å². The lowest BCUT2D eigenvalue weighted by atomic mass is 10.0. The van der Waals surface area contributed by atoms with Crippen LogP contribution in [0.3, 0.4) is 0 Å². The predicted octanol–water partition coefficient (Wildman–Crippen LogP) is 3.05. The molecule has 0 amide bonds. The predicted molar refractivity (Wildman–Crippen MR) is 84.6 cm³/mol. The minimum Gasteiger partial charge on any atom is -0.393 e. The fraction of sp³-hybridized carbons (Fsp3) is 0.500. The molecule has 5 heteroatoms. The molecule has 0 saturated carbocycles. The molecule has 114 valence electrons. The van der Waals surface area contributed by atoms with E-state index in [4.69, 9.17) is 11.6 Å². The van der Waals surface area contributed by atoms with Crippen LogP contribution in [0, 0.1) is 0 Å². The van der Waals surface area contributed by atoms with E-state index in [0.29, 0.717) is 17.9 Å². The third kappa shape index (κ3) is 4.05. The average Bonchev–Trinajstić information content (AvgIpc) is 2.82. The summed E-state index contributed by atoms with van der Waals surface area (Å²) in [6, 6.07) is 3.95. The maximum atomic E-state index is 10.3. The van der Waals surface area contributed by atoms with Gasteiger partial charge < -0.3 is 5.11 Å². The summed E-state index contributed by atoms with van der Waals surface area (Å²) in [4.78, 5) is 4.00. The summed E-state index contributed by atoms with van der Waals surface area (Å²) < 4.78 is 1.90. The van der Waals surface area contributed by atoms with E-state index in [1.807, 2.05) is 30.7 Å². The van der Waals surface area contributed by atoms with Gasteiger partial charge >= 0.3 is 0 Å². The van der Waals surface area contributed by atoms with E-state index in [9.17, 15) is 5.11 Å². The normalized spacial score (nSPS) is 12.6. The Labute approximate surface area is 130 Å². The molecule has 0 radical (unpaired) electrons. The van der Waals surface area contributed by atoms with Gasteiger partial charge in [-0.2, -0.15) is 5.10 Å². The highest BCUT2D eigenvalue weighted by atomic mass is 35.5. The van der Waals surface area contributed by atoms with Crippen molar-refractivity contribution in [2.24, 2.45) is 0 Å². The van der Waals surface area contributed by atoms with Crippen molar-refractivity contribution in [1.29, 1.82) is 0 Å². The van der Waals surface area contributed by atoms with Crippen molar-refractivity contribution < 1.29 is 5.11 Å². The first-order valence-corrected chi connectivity index (χ1v) is 7.84. The first-order chi connectivity index (χ1) is 10.2. The second-order valence-electron chi connectivity index (χ2n) is 5.13. The lowest BCUT2D eigenvalue weighted by Crippen LogP contribution is -2.15. The van der Waals surface area contributed by atoms with E-state index in [2.05, 4.69) is 10.1 Å². The summed E-state index contributed by atoms with van der Waals surface area (Å²) in [7, 11) is 0. The van der Waals surface area contributed by atoms with E-state index in [-0.39, 0.29) is 0 Å². The summed E-state index contributed by atoms with van der Waals surface area (Å²) in [5, 5.41) is 15.5. The van der Waals surface area contributed by atoms with Gasteiger partial charge in [0.25, 0.3) is 0 Å². The minimum absolute atomic E-state index is 0.414. The van der Waals surface area contributed by atoms with E-state index in [1.165, 1.54) is 5.56 Å². The Bertz CT molecular complexity index is 568. The highest BCUT2D eigenvalue weighted by Crippen LogP contribution is 2.23. The molecule has 0 spiro atoms. The fourth-order valence-corrected chi connectivity index (χ4v) is 2.77. The number of halogens is 1. The van der Waals surface area contributed by atoms with Crippen LogP contribution < -0.4 is 0 Å². The van der Waals surface area contributed by atoms with E-state index in [1.54, 1.807) is 12.4 Å². The zero-order valence-electron chi connectivity index (χ0n) is 12.6. The van der Waals surface area contributed by atoms with Crippen molar-refractivity contribution in [3.05, 3.63) is 46.5 Å². The maximum Gasteiger partial charge on any atom is 0.0850 e. The summed E-state index contributed by atoms with van der Waals surface area (Å²) in [5.41, 5.74) is 3.04. The Morgan fingerprint density at radius 3 is 2.62 bits per heavy atom. The molecular formula is C16H22ClN3O. The molecule has 2 aromatic heterocycles. The molecule has 0 aliphatic rings. The Hall–Kier alpha value is -1.39. The number of aryl methyl sites for hydroxylation is 3. The van der Waals surface area contributed by atoms with Gasteiger partial charge in [0.1, 0.15) is 0 Å². The zero-order valence-corrected chi connectivity index (χ0v) is 13.3. The molecule has 1 N–H and O–H groups in total. The average molecular weight is 308 g/mol. The van der Waals surface area contributed by atoms with Gasteiger partial charge in [0.2, 0.25) is 0 Å². The second kappa shape index (κ2) is 7.57. The van der Waals surface area contributed by atoms with Crippen LogP contribution in [0.15, 0.2) is 24.5 Å². The van der Waals surface area contributed by atoms with E-state index < -0.39 is 6.10 Å². The van der Waals surface area contributed by atoms with Gasteiger partial charge in [-0.05, 0) is 43.9 Å². The van der Waals surface area contributed by atoms with Crippen molar-refractivity contribution in [3.63, 3.8) is 0 Å². The van der Waals surface area contributed by atoms with Gasteiger partial charge in [-0.1, -0.05) is 18.5 Å². The molecule has 2 aromatic rings. The lowest BCUT2D eigenvalue weighted by molar-refractivity contribution is 0.162. The molecule has 2 heterocycles. The van der Waals surface area contributed by atoms with Gasteiger partial charge in [-0.3, -0.25) is 9.67 Å². The van der Waals surface area contributed by atoms with Gasteiger partial charge in [0, 0.05) is 25.4 Å². The van der Waals surface area contributed by atoms with Crippen LogP contribution in [0.4, 0.5) is 0 Å². The van der Waals surface area contributed by atoms with Crippen LogP contribution in [0.5, 0.6) is 0 Å². The monoisotopic (exact) mass is 307 g/mol. The molecule has 0 bridgehead atoms. The molecule has 0 aliphatic carbocycles. The number of aliphatic hydroxyl groups excluding tert-OH is 1. The molecule has 0 aliphatic heterocycles. The van der Waals surface area contributed by atoms with E-state index in [0.717, 1.165) is 30.8 Å². The second-order valence-corrected chi connectivity index (χ2v) is 5.51. The highest BCUT2D eigenvalue weighted by Gasteiger charge is 2.17. The number of hydrogen-bond donors (Lipinski definition) is 1. The van der Waals surface area contributed by atoms with Crippen molar-refractivity contribution in [2.45, 2.75) is 52.2 Å². The Balaban J connectivity index is 1.99. The molecule has 4 nitrogen and oxygen atoms in total. The van der Waals surface area contributed by atoms with Crippen LogP contribution >= 0.6 is 11.6 Å². The summed E-state index contributed by atoms with van der Waals surface area (Å²) in [5.74, 6) is 0. The quantitative estimate of drug-likeness (QED) is 0.855. The molecule has 2 rings (SSSR count). The van der Waals surface area contributed by atoms with Crippen molar-refractivity contribution in [2.75, 3.05) is 0 Å². The number of hydrogen-bond acceptors (Lipinski definition) is 3. The van der Waals surface area contributed by atoms with Crippen molar-refractivity contribution in [3.8, 4) is 0 Å². The number of rotatable bonds is 7. The standard InChI is InChI=1S/C16H22ClN3O/c1-3-14-16(17)15(20(4-2)19-14)11-13(21)6-5-12-7-9-18-10-8-12/h7-10,13,21H,3-6,11H2,1-2H3. The highest BCUT2D eigenvalue weighted by molar-refractivity contribution is 6.31. The summed E-state index contributed by atoms with van der Waals surface area (Å²) in [6.07, 6.45) is 6.04. The first kappa shape index (κ1) is 16.0. The fourth-order valence-electron chi connectivity index (χ4n) is 2.42. The van der Waals surface area contributed by atoms with Crippen LogP contribution in [0.25, 0.3) is 0 Å². The van der Waals surface area contributed by atoms with Crippen LogP contribution in [0.1, 0.15) is 37.2 Å². The van der Waals surface area contributed by atoms with Gasteiger partial charge in [0.05, 0.1) is 22.5 Å². The number of nitrogens with zero attached hydrogens (tertiary/aromatic N) is 3. The van der Waals surface area contributed by atoms with Crippen LogP contribution in [-0.4, -0.2) is 26.0 Å². The largest absolute Gasteiger partial charge is 0.393 e. The van der Waals surface area contributed by atoms with Gasteiger partial charge in [-0.15, -0.1) is 0 Å². The third-order valence-corrected chi connectivity index (χ3v) is 4.08. The van der Waals surface area contributed by atoms with Crippen molar-refractivity contribution in [1.82, 2.24) is 14.8 Å². The third-order valence-electron chi connectivity index (χ3n) is 3.64. The number of aromatic nitrogens is 3. The topological polar surface area (TPSA) is 50.9 Å². The molecule has 0 fully saturated rings. The van der Waals surface area contributed by atoms with Crippen molar-refractivity contribution >= 4 is 11.6 Å². The lowest BCUT2D eigenvalue weighted by Gasteiger charge is -2.12. The maximum absolute atomic E-state index is 10.3. The Morgan fingerprint density at radius 1 is 1.29 bits per heavy atom. The molecule has 0 saturated heterocycles. The number of aliphatic hydroxyl groups is 1. The Kier molecular flexibility index (Phi) is 5.76. The molecule has 21 heavy (non-hydrogen) atoms. The van der Waals surface area contributed by atoms with Gasteiger partial charge in [-0.25, -0.2) is 0 Å².